The van der Waals surface area contributed by atoms with Gasteiger partial charge in [0.05, 0.1) is 12.0 Å². The van der Waals surface area contributed by atoms with Crippen LogP contribution in [0.5, 0.6) is 0 Å². The molecule has 100 valence electrons. The molecular formula is C13H21N3O2. The molecule has 18 heavy (non-hydrogen) atoms. The van der Waals surface area contributed by atoms with Gasteiger partial charge in [-0.2, -0.15) is 5.26 Å². The molecule has 5 nitrogen and oxygen atoms in total. The van der Waals surface area contributed by atoms with Gasteiger partial charge in [0.25, 0.3) is 0 Å². The molecule has 1 aliphatic rings. The number of nitrogens with one attached hydrogen (secondary N) is 1. The van der Waals surface area contributed by atoms with E-state index in [1.54, 1.807) is 18.9 Å². The van der Waals surface area contributed by atoms with Gasteiger partial charge in [-0.3, -0.25) is 9.59 Å². The molecule has 1 aliphatic carbocycles. The molecule has 2 amide bonds. The fraction of sp³-hybridized carbons (Fsp3) is 0.769. The monoisotopic (exact) mass is 251 g/mol. The van der Waals surface area contributed by atoms with E-state index in [0.29, 0.717) is 25.4 Å². The Morgan fingerprint density at radius 3 is 2.67 bits per heavy atom. The fourth-order valence-corrected chi connectivity index (χ4v) is 1.86. The molecule has 0 saturated heterocycles. The van der Waals surface area contributed by atoms with Crippen LogP contribution in [-0.2, 0) is 9.59 Å². The number of carbonyl (C=O) groups excluding carboxylic acids is 2. The lowest BCUT2D eigenvalue weighted by Gasteiger charge is -2.18. The van der Waals surface area contributed by atoms with Gasteiger partial charge in [0.15, 0.2) is 0 Å². The van der Waals surface area contributed by atoms with Gasteiger partial charge in [-0.25, -0.2) is 0 Å². The van der Waals surface area contributed by atoms with Crippen LogP contribution in [0.3, 0.4) is 0 Å². The van der Waals surface area contributed by atoms with E-state index in [1.807, 2.05) is 6.92 Å². The molecular weight excluding hydrogens is 230 g/mol. The van der Waals surface area contributed by atoms with Gasteiger partial charge in [-0.15, -0.1) is 0 Å². The van der Waals surface area contributed by atoms with Crippen molar-refractivity contribution in [2.75, 3.05) is 20.1 Å². The van der Waals surface area contributed by atoms with Crippen molar-refractivity contribution in [3.63, 3.8) is 0 Å². The molecule has 0 aromatic rings. The lowest BCUT2D eigenvalue weighted by Crippen LogP contribution is -2.34. The van der Waals surface area contributed by atoms with Crippen molar-refractivity contribution in [1.29, 1.82) is 5.26 Å². The summed E-state index contributed by atoms with van der Waals surface area (Å²) in [5.41, 5.74) is 0. The van der Waals surface area contributed by atoms with Gasteiger partial charge in [-0.05, 0) is 19.3 Å². The van der Waals surface area contributed by atoms with E-state index in [1.165, 1.54) is 0 Å². The molecule has 5 heteroatoms. The van der Waals surface area contributed by atoms with Crippen LogP contribution in [0.2, 0.25) is 0 Å². The molecule has 0 heterocycles. The zero-order valence-electron chi connectivity index (χ0n) is 11.3. The third-order valence-electron chi connectivity index (χ3n) is 3.28. The molecule has 0 radical (unpaired) electrons. The zero-order valence-corrected chi connectivity index (χ0v) is 11.3. The molecule has 1 fully saturated rings. The molecule has 1 rings (SSSR count). The van der Waals surface area contributed by atoms with Crippen molar-refractivity contribution < 1.29 is 9.59 Å². The Kier molecular flexibility index (Phi) is 5.14. The first kappa shape index (κ1) is 14.5. The maximum atomic E-state index is 11.7. The summed E-state index contributed by atoms with van der Waals surface area (Å²) >= 11 is 0. The zero-order chi connectivity index (χ0) is 13.7. The molecule has 0 aromatic heterocycles. The molecule has 0 aromatic carbocycles. The Balaban J connectivity index is 2.16. The minimum atomic E-state index is -0.166. The van der Waals surface area contributed by atoms with Crippen LogP contribution in [0.4, 0.5) is 0 Å². The SMILES string of the molecule is C[C@H](C#N)CN(C)C(=O)CCNC(=O)[C@@H]1C[C@H]1C. The number of hydrogen-bond donors (Lipinski definition) is 1. The lowest BCUT2D eigenvalue weighted by atomic mass is 10.2. The summed E-state index contributed by atoms with van der Waals surface area (Å²) in [6.45, 7) is 4.64. The highest BCUT2D eigenvalue weighted by Gasteiger charge is 2.38. The van der Waals surface area contributed by atoms with Crippen molar-refractivity contribution >= 4 is 11.8 Å². The van der Waals surface area contributed by atoms with E-state index in [0.717, 1.165) is 6.42 Å². The van der Waals surface area contributed by atoms with E-state index in [-0.39, 0.29) is 23.7 Å². The lowest BCUT2D eigenvalue weighted by molar-refractivity contribution is -0.130. The summed E-state index contributed by atoms with van der Waals surface area (Å²) in [5, 5.41) is 11.4. The van der Waals surface area contributed by atoms with Crippen LogP contribution in [0.25, 0.3) is 0 Å². The third kappa shape index (κ3) is 4.36. The predicted octanol–water partition coefficient (Wildman–Crippen LogP) is 0.767. The Morgan fingerprint density at radius 2 is 2.17 bits per heavy atom. The second kappa shape index (κ2) is 6.39. The quantitative estimate of drug-likeness (QED) is 0.757. The van der Waals surface area contributed by atoms with E-state index in [4.69, 9.17) is 5.26 Å². The normalized spacial score (nSPS) is 22.8. The second-order valence-electron chi connectivity index (χ2n) is 5.16. The number of rotatable bonds is 6. The Morgan fingerprint density at radius 1 is 1.56 bits per heavy atom. The number of amides is 2. The molecule has 0 aliphatic heterocycles. The van der Waals surface area contributed by atoms with Crippen LogP contribution >= 0.6 is 0 Å². The van der Waals surface area contributed by atoms with Gasteiger partial charge in [0, 0.05) is 32.5 Å². The minimum absolute atomic E-state index is 0.0405. The highest BCUT2D eigenvalue weighted by Crippen LogP contribution is 2.37. The van der Waals surface area contributed by atoms with Crippen LogP contribution in [-0.4, -0.2) is 36.9 Å². The smallest absolute Gasteiger partial charge is 0.224 e. The molecule has 1 saturated carbocycles. The molecule has 1 N–H and O–H groups in total. The number of carbonyl (C=O) groups is 2. The Bertz CT molecular complexity index is 362. The summed E-state index contributed by atoms with van der Waals surface area (Å²) in [7, 11) is 1.68. The second-order valence-corrected chi connectivity index (χ2v) is 5.16. The number of nitriles is 1. The van der Waals surface area contributed by atoms with Gasteiger partial charge in [0.1, 0.15) is 0 Å². The average Bonchev–Trinajstić information content (AvgIpc) is 3.05. The first-order valence-corrected chi connectivity index (χ1v) is 6.37. The van der Waals surface area contributed by atoms with Gasteiger partial charge >= 0.3 is 0 Å². The predicted molar refractivity (Wildman–Crippen MR) is 67.3 cm³/mol. The Hall–Kier alpha value is -1.57. The minimum Gasteiger partial charge on any atom is -0.355 e. The van der Waals surface area contributed by atoms with E-state index >= 15 is 0 Å². The van der Waals surface area contributed by atoms with Gasteiger partial charge in [0.2, 0.25) is 11.8 Å². The molecule has 0 bridgehead atoms. The largest absolute Gasteiger partial charge is 0.355 e. The topological polar surface area (TPSA) is 73.2 Å². The highest BCUT2D eigenvalue weighted by molar-refractivity contribution is 5.82. The standard InChI is InChI=1S/C13H21N3O2/c1-9(7-14)8-16(3)12(17)4-5-15-13(18)11-6-10(11)2/h9-11H,4-6,8H2,1-3H3,(H,15,18)/t9-,10-,11-/m1/s1. The third-order valence-corrected chi connectivity index (χ3v) is 3.28. The van der Waals surface area contributed by atoms with E-state index in [9.17, 15) is 9.59 Å². The van der Waals surface area contributed by atoms with Crippen molar-refractivity contribution in [3.05, 3.63) is 0 Å². The van der Waals surface area contributed by atoms with Gasteiger partial charge in [-0.1, -0.05) is 6.92 Å². The fourth-order valence-electron chi connectivity index (χ4n) is 1.86. The van der Waals surface area contributed by atoms with Crippen LogP contribution in [0.15, 0.2) is 0 Å². The Labute approximate surface area is 108 Å². The summed E-state index contributed by atoms with van der Waals surface area (Å²) in [5.74, 6) is 0.488. The summed E-state index contributed by atoms with van der Waals surface area (Å²) in [6.07, 6.45) is 1.25. The van der Waals surface area contributed by atoms with E-state index in [2.05, 4.69) is 11.4 Å². The van der Waals surface area contributed by atoms with Crippen molar-refractivity contribution in [3.8, 4) is 6.07 Å². The molecule has 0 unspecified atom stereocenters. The maximum Gasteiger partial charge on any atom is 0.224 e. The summed E-state index contributed by atoms with van der Waals surface area (Å²) in [4.78, 5) is 24.7. The number of hydrogen-bond acceptors (Lipinski definition) is 3. The van der Waals surface area contributed by atoms with Crippen LogP contribution in [0.1, 0.15) is 26.7 Å². The summed E-state index contributed by atoms with van der Waals surface area (Å²) < 4.78 is 0. The maximum absolute atomic E-state index is 11.7. The average molecular weight is 251 g/mol. The number of nitrogens with zero attached hydrogens (tertiary/aromatic N) is 2. The van der Waals surface area contributed by atoms with Gasteiger partial charge < -0.3 is 10.2 Å². The van der Waals surface area contributed by atoms with Crippen LogP contribution in [0, 0.1) is 29.1 Å². The first-order chi connectivity index (χ1) is 8.45. The summed E-state index contributed by atoms with van der Waals surface area (Å²) in [6, 6.07) is 2.09. The van der Waals surface area contributed by atoms with Crippen molar-refractivity contribution in [1.82, 2.24) is 10.2 Å². The highest BCUT2D eigenvalue weighted by atomic mass is 16.2. The molecule has 3 atom stereocenters. The van der Waals surface area contributed by atoms with Crippen molar-refractivity contribution in [2.45, 2.75) is 26.7 Å². The van der Waals surface area contributed by atoms with E-state index < -0.39 is 0 Å². The first-order valence-electron chi connectivity index (χ1n) is 6.37. The molecule has 0 spiro atoms. The van der Waals surface area contributed by atoms with Crippen LogP contribution < -0.4 is 5.32 Å². The van der Waals surface area contributed by atoms with Crippen molar-refractivity contribution in [2.24, 2.45) is 17.8 Å².